The van der Waals surface area contributed by atoms with Gasteiger partial charge in [-0.1, -0.05) is 19.1 Å². The third-order valence-electron chi connectivity index (χ3n) is 3.46. The average Bonchev–Trinajstić information content (AvgIpc) is 2.52. The molecule has 6 nitrogen and oxygen atoms in total. The highest BCUT2D eigenvalue weighted by molar-refractivity contribution is 6.05. The van der Waals surface area contributed by atoms with Crippen LogP contribution in [-0.4, -0.2) is 37.6 Å². The van der Waals surface area contributed by atoms with Gasteiger partial charge in [-0.15, -0.1) is 0 Å². The summed E-state index contributed by atoms with van der Waals surface area (Å²) in [5, 5.41) is 5.44. The van der Waals surface area contributed by atoms with Gasteiger partial charge in [-0.05, 0) is 25.5 Å². The molecule has 0 radical (unpaired) electrons. The molecular formula is C15H23N3O3. The predicted molar refractivity (Wildman–Crippen MR) is 82.2 cm³/mol. The lowest BCUT2D eigenvalue weighted by atomic mass is 10.0. The molecule has 4 N–H and O–H groups in total. The number of hydrogen-bond acceptors (Lipinski definition) is 4. The summed E-state index contributed by atoms with van der Waals surface area (Å²) < 4.78 is 5.26. The van der Waals surface area contributed by atoms with Crippen molar-refractivity contribution in [3.8, 4) is 0 Å². The monoisotopic (exact) mass is 293 g/mol. The molecular weight excluding hydrogens is 270 g/mol. The number of methoxy groups -OCH3 is 1. The lowest BCUT2D eigenvalue weighted by Crippen LogP contribution is -2.41. The maximum atomic E-state index is 12.3. The van der Waals surface area contributed by atoms with Crippen molar-refractivity contribution in [2.24, 2.45) is 5.73 Å². The fourth-order valence-electron chi connectivity index (χ4n) is 1.72. The number of carbonyl (C=O) groups is 2. The molecule has 0 fully saturated rings. The second-order valence-electron chi connectivity index (χ2n) is 4.83. The Morgan fingerprint density at radius 1 is 1.33 bits per heavy atom. The number of nitrogens with one attached hydrogen (secondary N) is 2. The highest BCUT2D eigenvalue weighted by Crippen LogP contribution is 2.20. The van der Waals surface area contributed by atoms with Crippen molar-refractivity contribution in [2.45, 2.75) is 25.9 Å². The summed E-state index contributed by atoms with van der Waals surface area (Å²) in [6, 6.07) is 6.83. The molecule has 0 bridgehead atoms. The van der Waals surface area contributed by atoms with Gasteiger partial charge in [0.05, 0.1) is 11.3 Å². The van der Waals surface area contributed by atoms with Crippen LogP contribution in [0.4, 0.5) is 5.69 Å². The van der Waals surface area contributed by atoms with Gasteiger partial charge >= 0.3 is 0 Å². The number of para-hydroxylation sites is 1. The molecule has 1 unspecified atom stereocenters. The van der Waals surface area contributed by atoms with Gasteiger partial charge in [-0.2, -0.15) is 0 Å². The predicted octanol–water partition coefficient (Wildman–Crippen LogP) is 1.13. The van der Waals surface area contributed by atoms with E-state index < -0.39 is 5.60 Å². The first-order valence-electron chi connectivity index (χ1n) is 6.92. The maximum Gasteiger partial charge on any atom is 0.256 e. The highest BCUT2D eigenvalue weighted by atomic mass is 16.5. The van der Waals surface area contributed by atoms with Crippen molar-refractivity contribution >= 4 is 17.5 Å². The Morgan fingerprint density at radius 3 is 2.57 bits per heavy atom. The molecule has 0 spiro atoms. The minimum absolute atomic E-state index is 0.271. The highest BCUT2D eigenvalue weighted by Gasteiger charge is 2.31. The van der Waals surface area contributed by atoms with Gasteiger partial charge < -0.3 is 21.1 Å². The van der Waals surface area contributed by atoms with E-state index in [0.29, 0.717) is 30.8 Å². The smallest absolute Gasteiger partial charge is 0.256 e. The van der Waals surface area contributed by atoms with Crippen LogP contribution < -0.4 is 16.4 Å². The van der Waals surface area contributed by atoms with E-state index in [1.807, 2.05) is 6.92 Å². The molecule has 6 heteroatoms. The van der Waals surface area contributed by atoms with Crippen LogP contribution in [0.1, 0.15) is 30.6 Å². The van der Waals surface area contributed by atoms with E-state index >= 15 is 0 Å². The fourth-order valence-corrected chi connectivity index (χ4v) is 1.72. The van der Waals surface area contributed by atoms with Gasteiger partial charge in [0.25, 0.3) is 11.8 Å². The molecule has 0 saturated carbocycles. The first-order valence-corrected chi connectivity index (χ1v) is 6.92. The molecule has 0 aliphatic carbocycles. The molecule has 1 atom stereocenters. The summed E-state index contributed by atoms with van der Waals surface area (Å²) in [5.41, 5.74) is 5.29. The van der Waals surface area contributed by atoms with Crippen LogP contribution in [0.2, 0.25) is 0 Å². The summed E-state index contributed by atoms with van der Waals surface area (Å²) in [6.07, 6.45) is 0.525. The van der Waals surface area contributed by atoms with Gasteiger partial charge in [-0.3, -0.25) is 9.59 Å². The van der Waals surface area contributed by atoms with Crippen molar-refractivity contribution in [3.05, 3.63) is 29.8 Å². The first kappa shape index (κ1) is 17.1. The van der Waals surface area contributed by atoms with E-state index in [-0.39, 0.29) is 11.8 Å². The Bertz CT molecular complexity index is 499. The molecule has 1 rings (SSSR count). The number of nitrogens with two attached hydrogens (primary N) is 1. The van der Waals surface area contributed by atoms with Crippen LogP contribution in [-0.2, 0) is 9.53 Å². The quantitative estimate of drug-likeness (QED) is 0.702. The molecule has 1 aromatic rings. The van der Waals surface area contributed by atoms with Gasteiger partial charge in [-0.25, -0.2) is 0 Å². The Balaban J connectivity index is 2.94. The molecule has 1 aromatic carbocycles. The Hall–Kier alpha value is -1.92. The molecule has 0 heterocycles. The summed E-state index contributed by atoms with van der Waals surface area (Å²) in [6.45, 7) is 4.31. The fraction of sp³-hybridized carbons (Fsp3) is 0.467. The van der Waals surface area contributed by atoms with Crippen LogP contribution in [0.5, 0.6) is 0 Å². The minimum Gasteiger partial charge on any atom is -0.369 e. The second-order valence-corrected chi connectivity index (χ2v) is 4.83. The van der Waals surface area contributed by atoms with Gasteiger partial charge in [0, 0.05) is 20.2 Å². The van der Waals surface area contributed by atoms with E-state index in [1.54, 1.807) is 31.2 Å². The lowest BCUT2D eigenvalue weighted by molar-refractivity contribution is -0.136. The Kier molecular flexibility index (Phi) is 6.33. The van der Waals surface area contributed by atoms with E-state index in [2.05, 4.69) is 10.6 Å². The van der Waals surface area contributed by atoms with Crippen molar-refractivity contribution in [2.75, 3.05) is 25.5 Å². The Morgan fingerprint density at radius 2 is 2.00 bits per heavy atom. The largest absolute Gasteiger partial charge is 0.369 e. The van der Waals surface area contributed by atoms with Crippen LogP contribution in [0, 0.1) is 0 Å². The second kappa shape index (κ2) is 7.75. The number of anilines is 1. The molecule has 0 saturated heterocycles. The van der Waals surface area contributed by atoms with E-state index in [1.165, 1.54) is 7.11 Å². The van der Waals surface area contributed by atoms with Crippen molar-refractivity contribution < 1.29 is 14.3 Å². The standard InChI is InChI=1S/C15H23N3O3/c1-4-15(2,21-3)14(20)18-12-8-6-5-7-11(12)13(19)17-10-9-16/h5-8H,4,9-10,16H2,1-3H3,(H,17,19)(H,18,20). The van der Waals surface area contributed by atoms with Crippen molar-refractivity contribution in [1.82, 2.24) is 5.32 Å². The Labute approximate surface area is 125 Å². The summed E-state index contributed by atoms with van der Waals surface area (Å²) in [5.74, 6) is -0.557. The third-order valence-corrected chi connectivity index (χ3v) is 3.46. The zero-order valence-electron chi connectivity index (χ0n) is 12.7. The minimum atomic E-state index is -0.930. The molecule has 0 aromatic heterocycles. The molecule has 0 aliphatic heterocycles. The zero-order chi connectivity index (χ0) is 15.9. The summed E-state index contributed by atoms with van der Waals surface area (Å²) >= 11 is 0. The number of hydrogen-bond donors (Lipinski definition) is 3. The number of amides is 2. The number of ether oxygens (including phenoxy) is 1. The maximum absolute atomic E-state index is 12.3. The normalized spacial score (nSPS) is 13.3. The van der Waals surface area contributed by atoms with Crippen LogP contribution in [0.15, 0.2) is 24.3 Å². The van der Waals surface area contributed by atoms with E-state index in [0.717, 1.165) is 0 Å². The number of carbonyl (C=O) groups excluding carboxylic acids is 2. The molecule has 21 heavy (non-hydrogen) atoms. The van der Waals surface area contributed by atoms with Gasteiger partial charge in [0.1, 0.15) is 5.60 Å². The van der Waals surface area contributed by atoms with Gasteiger partial charge in [0.2, 0.25) is 0 Å². The van der Waals surface area contributed by atoms with Crippen molar-refractivity contribution in [3.63, 3.8) is 0 Å². The summed E-state index contributed by atoms with van der Waals surface area (Å²) in [4.78, 5) is 24.3. The number of rotatable bonds is 7. The molecule has 2 amide bonds. The van der Waals surface area contributed by atoms with Crippen LogP contribution in [0.3, 0.4) is 0 Å². The third kappa shape index (κ3) is 4.27. The molecule has 116 valence electrons. The lowest BCUT2D eigenvalue weighted by Gasteiger charge is -2.25. The molecule has 0 aliphatic rings. The number of benzene rings is 1. The van der Waals surface area contributed by atoms with Crippen LogP contribution in [0.25, 0.3) is 0 Å². The summed E-state index contributed by atoms with van der Waals surface area (Å²) in [7, 11) is 1.49. The first-order chi connectivity index (χ1) is 9.98. The van der Waals surface area contributed by atoms with Crippen LogP contribution >= 0.6 is 0 Å². The SMILES string of the molecule is CCC(C)(OC)C(=O)Nc1ccccc1C(=O)NCCN. The van der Waals surface area contributed by atoms with E-state index in [4.69, 9.17) is 10.5 Å². The van der Waals surface area contributed by atoms with Crippen molar-refractivity contribution in [1.29, 1.82) is 0 Å². The zero-order valence-corrected chi connectivity index (χ0v) is 12.7. The topological polar surface area (TPSA) is 93.4 Å². The van der Waals surface area contributed by atoms with Gasteiger partial charge in [0.15, 0.2) is 0 Å². The average molecular weight is 293 g/mol. The van der Waals surface area contributed by atoms with E-state index in [9.17, 15) is 9.59 Å².